The maximum absolute atomic E-state index is 13.5. The lowest BCUT2D eigenvalue weighted by atomic mass is 10.1. The van der Waals surface area contributed by atoms with Crippen molar-refractivity contribution < 1.29 is 13.9 Å². The third-order valence-corrected chi connectivity index (χ3v) is 3.36. The van der Waals surface area contributed by atoms with Crippen LogP contribution in [0.15, 0.2) is 29.6 Å². The minimum Gasteiger partial charge on any atom is -0.495 e. The van der Waals surface area contributed by atoms with Crippen LogP contribution in [0.3, 0.4) is 0 Å². The van der Waals surface area contributed by atoms with Gasteiger partial charge in [0.05, 0.1) is 12.7 Å². The summed E-state index contributed by atoms with van der Waals surface area (Å²) in [4.78, 5) is 12.5. The van der Waals surface area contributed by atoms with Gasteiger partial charge in [-0.25, -0.2) is 4.39 Å². The Hall–Kier alpha value is -1.39. The lowest BCUT2D eigenvalue weighted by molar-refractivity contribution is 0.103. The fourth-order valence-electron chi connectivity index (χ4n) is 1.42. The molecule has 0 saturated heterocycles. The molecule has 0 atom stereocenters. The van der Waals surface area contributed by atoms with E-state index in [0.29, 0.717) is 15.6 Å². The van der Waals surface area contributed by atoms with Gasteiger partial charge < -0.3 is 4.74 Å². The second-order valence-corrected chi connectivity index (χ2v) is 4.62. The summed E-state index contributed by atoms with van der Waals surface area (Å²) in [6, 6.07) is 5.56. The van der Waals surface area contributed by atoms with Crippen LogP contribution < -0.4 is 4.74 Å². The van der Waals surface area contributed by atoms with E-state index in [1.807, 2.05) is 0 Å². The van der Waals surface area contributed by atoms with Crippen LogP contribution in [0, 0.1) is 5.82 Å². The zero-order valence-electron chi connectivity index (χ0n) is 8.87. The van der Waals surface area contributed by atoms with Crippen molar-refractivity contribution in [1.82, 2.24) is 0 Å². The summed E-state index contributed by atoms with van der Waals surface area (Å²) in [5.41, 5.74) is -0.0433. The number of hydrogen-bond acceptors (Lipinski definition) is 3. The number of thiophene rings is 1. The Balaban J connectivity index is 2.47. The van der Waals surface area contributed by atoms with Crippen LogP contribution in [-0.4, -0.2) is 12.9 Å². The molecule has 0 aliphatic heterocycles. The molecule has 1 aromatic carbocycles. The molecule has 17 heavy (non-hydrogen) atoms. The zero-order valence-corrected chi connectivity index (χ0v) is 10.4. The fraction of sp³-hybridized carbons (Fsp3) is 0.0833. The lowest BCUT2D eigenvalue weighted by Gasteiger charge is -2.03. The Labute approximate surface area is 107 Å². The van der Waals surface area contributed by atoms with Gasteiger partial charge in [-0.2, -0.15) is 0 Å². The van der Waals surface area contributed by atoms with E-state index < -0.39 is 11.6 Å². The number of methoxy groups -OCH3 is 1. The molecule has 2 aromatic rings. The number of hydrogen-bond donors (Lipinski definition) is 0. The third-order valence-electron chi connectivity index (χ3n) is 2.23. The van der Waals surface area contributed by atoms with Gasteiger partial charge in [0.2, 0.25) is 5.78 Å². The molecule has 0 amide bonds. The number of halogens is 2. The van der Waals surface area contributed by atoms with Gasteiger partial charge in [-0.1, -0.05) is 11.6 Å². The minimum absolute atomic E-state index is 0.0433. The summed E-state index contributed by atoms with van der Waals surface area (Å²) in [7, 11) is 1.47. The molecule has 0 radical (unpaired) electrons. The Morgan fingerprint density at radius 1 is 1.41 bits per heavy atom. The minimum atomic E-state index is -0.588. The quantitative estimate of drug-likeness (QED) is 0.794. The van der Waals surface area contributed by atoms with Crippen LogP contribution in [0.25, 0.3) is 0 Å². The number of rotatable bonds is 3. The molecule has 0 fully saturated rings. The first kappa shape index (κ1) is 12.1. The predicted octanol–water partition coefficient (Wildman–Crippen LogP) is 3.78. The largest absolute Gasteiger partial charge is 0.495 e. The molecule has 0 aliphatic carbocycles. The monoisotopic (exact) mass is 270 g/mol. The highest BCUT2D eigenvalue weighted by Gasteiger charge is 2.19. The number of benzene rings is 1. The van der Waals surface area contributed by atoms with Crippen LogP contribution in [-0.2, 0) is 0 Å². The Morgan fingerprint density at radius 2 is 2.18 bits per heavy atom. The van der Waals surface area contributed by atoms with Crippen LogP contribution in [0.5, 0.6) is 5.75 Å². The lowest BCUT2D eigenvalue weighted by Crippen LogP contribution is -2.03. The van der Waals surface area contributed by atoms with Gasteiger partial charge in [0.1, 0.15) is 16.4 Å². The van der Waals surface area contributed by atoms with Crippen LogP contribution in [0.4, 0.5) is 4.39 Å². The summed E-state index contributed by atoms with van der Waals surface area (Å²) >= 11 is 6.96. The Bertz CT molecular complexity index is 565. The SMILES string of the molecule is COc1ccsc1C(=O)c1cc(Cl)ccc1F. The molecule has 1 aromatic heterocycles. The van der Waals surface area contributed by atoms with E-state index in [1.54, 1.807) is 11.4 Å². The van der Waals surface area contributed by atoms with Crippen molar-refractivity contribution in [3.05, 3.63) is 50.9 Å². The van der Waals surface area contributed by atoms with Crippen molar-refractivity contribution in [2.75, 3.05) is 7.11 Å². The Kier molecular flexibility index (Phi) is 3.45. The van der Waals surface area contributed by atoms with E-state index in [4.69, 9.17) is 16.3 Å². The van der Waals surface area contributed by atoms with E-state index in [9.17, 15) is 9.18 Å². The van der Waals surface area contributed by atoms with Crippen molar-refractivity contribution in [1.29, 1.82) is 0 Å². The number of ether oxygens (including phenoxy) is 1. The molecule has 0 unspecified atom stereocenters. The van der Waals surface area contributed by atoms with Crippen molar-refractivity contribution in [2.24, 2.45) is 0 Å². The molecule has 0 aliphatic rings. The highest BCUT2D eigenvalue weighted by Crippen LogP contribution is 2.28. The second kappa shape index (κ2) is 4.85. The highest BCUT2D eigenvalue weighted by atomic mass is 35.5. The fourth-order valence-corrected chi connectivity index (χ4v) is 2.40. The topological polar surface area (TPSA) is 26.3 Å². The first-order valence-electron chi connectivity index (χ1n) is 4.74. The summed E-state index contributed by atoms with van der Waals surface area (Å²) in [6.07, 6.45) is 0. The van der Waals surface area contributed by atoms with Gasteiger partial charge in [0, 0.05) is 5.02 Å². The summed E-state index contributed by atoms with van der Waals surface area (Å²) in [5.74, 6) is -0.564. The van der Waals surface area contributed by atoms with Gasteiger partial charge in [0.15, 0.2) is 0 Å². The molecule has 1 heterocycles. The zero-order chi connectivity index (χ0) is 12.4. The molecular weight excluding hydrogens is 263 g/mol. The van der Waals surface area contributed by atoms with E-state index in [-0.39, 0.29) is 5.56 Å². The van der Waals surface area contributed by atoms with Crippen LogP contribution in [0.1, 0.15) is 15.2 Å². The van der Waals surface area contributed by atoms with Crippen LogP contribution in [0.2, 0.25) is 5.02 Å². The third kappa shape index (κ3) is 2.33. The summed E-state index contributed by atoms with van der Waals surface area (Å²) in [6.45, 7) is 0. The molecule has 0 spiro atoms. The molecule has 0 bridgehead atoms. The normalized spacial score (nSPS) is 10.3. The van der Waals surface area contributed by atoms with Crippen molar-refractivity contribution in [2.45, 2.75) is 0 Å². The number of carbonyl (C=O) groups is 1. The van der Waals surface area contributed by atoms with E-state index >= 15 is 0 Å². The van der Waals surface area contributed by atoms with Gasteiger partial charge in [0.25, 0.3) is 0 Å². The van der Waals surface area contributed by atoms with Gasteiger partial charge in [-0.3, -0.25) is 4.79 Å². The first-order chi connectivity index (χ1) is 8.13. The van der Waals surface area contributed by atoms with Gasteiger partial charge in [-0.05, 0) is 29.6 Å². The number of carbonyl (C=O) groups excluding carboxylic acids is 1. The summed E-state index contributed by atoms with van der Waals surface area (Å²) < 4.78 is 18.6. The van der Waals surface area contributed by atoms with Crippen molar-refractivity contribution in [3.8, 4) is 5.75 Å². The van der Waals surface area contributed by atoms with Gasteiger partial charge in [-0.15, -0.1) is 11.3 Å². The molecule has 0 saturated carbocycles. The molecule has 2 nitrogen and oxygen atoms in total. The van der Waals surface area contributed by atoms with E-state index in [1.165, 1.54) is 36.6 Å². The maximum atomic E-state index is 13.5. The number of ketones is 1. The van der Waals surface area contributed by atoms with E-state index in [2.05, 4.69) is 0 Å². The smallest absolute Gasteiger partial charge is 0.209 e. The summed E-state index contributed by atoms with van der Waals surface area (Å²) in [5, 5.41) is 2.04. The van der Waals surface area contributed by atoms with E-state index in [0.717, 1.165) is 0 Å². The second-order valence-electron chi connectivity index (χ2n) is 3.27. The highest BCUT2D eigenvalue weighted by molar-refractivity contribution is 7.12. The van der Waals surface area contributed by atoms with Crippen LogP contribution >= 0.6 is 22.9 Å². The average Bonchev–Trinajstić information content (AvgIpc) is 2.79. The van der Waals surface area contributed by atoms with Crippen molar-refractivity contribution >= 4 is 28.7 Å². The molecular formula is C12H8ClFO2S. The van der Waals surface area contributed by atoms with Crippen molar-refractivity contribution in [3.63, 3.8) is 0 Å². The molecule has 0 N–H and O–H groups in total. The predicted molar refractivity (Wildman–Crippen MR) is 65.7 cm³/mol. The standard InChI is InChI=1S/C12H8ClFO2S/c1-16-10-4-5-17-12(10)11(15)8-6-7(13)2-3-9(8)14/h2-6H,1H3. The average molecular weight is 271 g/mol. The Morgan fingerprint density at radius 3 is 2.88 bits per heavy atom. The maximum Gasteiger partial charge on any atom is 0.209 e. The molecule has 88 valence electrons. The van der Waals surface area contributed by atoms with Gasteiger partial charge >= 0.3 is 0 Å². The first-order valence-corrected chi connectivity index (χ1v) is 6.00. The molecule has 2 rings (SSSR count). The molecule has 5 heteroatoms.